The van der Waals surface area contributed by atoms with Crippen molar-refractivity contribution in [1.82, 2.24) is 10.0 Å². The zero-order valence-corrected chi connectivity index (χ0v) is 11.6. The zero-order valence-electron chi connectivity index (χ0n) is 10.0. The quantitative estimate of drug-likeness (QED) is 0.754. The monoisotopic (exact) mass is 294 g/mol. The molecular weight excluding hydrogens is 279 g/mol. The van der Waals surface area contributed by atoms with Gasteiger partial charge in [-0.25, -0.2) is 17.5 Å². The Balaban J connectivity index is 2.66. The lowest BCUT2D eigenvalue weighted by atomic mass is 10.3. The Morgan fingerprint density at radius 1 is 1.28 bits per heavy atom. The minimum atomic E-state index is -3.85. The molecule has 1 rings (SSSR count). The van der Waals surface area contributed by atoms with Gasteiger partial charge >= 0.3 is 0 Å². The molecule has 0 radical (unpaired) electrons. The van der Waals surface area contributed by atoms with E-state index in [1.54, 1.807) is 0 Å². The molecule has 0 aliphatic rings. The third kappa shape index (κ3) is 4.53. The van der Waals surface area contributed by atoms with E-state index in [9.17, 15) is 12.8 Å². The fourth-order valence-corrected chi connectivity index (χ4v) is 2.71. The van der Waals surface area contributed by atoms with Crippen LogP contribution in [0.1, 0.15) is 13.3 Å². The van der Waals surface area contributed by atoms with Crippen molar-refractivity contribution in [2.75, 3.05) is 19.6 Å². The molecule has 4 nitrogen and oxygen atoms in total. The van der Waals surface area contributed by atoms with Crippen molar-refractivity contribution >= 4 is 21.6 Å². The Morgan fingerprint density at radius 3 is 2.67 bits per heavy atom. The zero-order chi connectivity index (χ0) is 13.6. The van der Waals surface area contributed by atoms with Gasteiger partial charge in [-0.2, -0.15) is 0 Å². The Hall–Kier alpha value is -0.690. The second-order valence-corrected chi connectivity index (χ2v) is 5.89. The predicted octanol–water partition coefficient (Wildman–Crippen LogP) is 1.76. The van der Waals surface area contributed by atoms with Crippen molar-refractivity contribution in [2.24, 2.45) is 0 Å². The van der Waals surface area contributed by atoms with Gasteiger partial charge in [0.1, 0.15) is 10.7 Å². The molecule has 0 saturated carbocycles. The molecule has 0 amide bonds. The maximum absolute atomic E-state index is 13.4. The van der Waals surface area contributed by atoms with Crippen molar-refractivity contribution in [1.29, 1.82) is 0 Å². The number of hydrogen-bond acceptors (Lipinski definition) is 3. The lowest BCUT2D eigenvalue weighted by Crippen LogP contribution is -2.32. The van der Waals surface area contributed by atoms with E-state index in [0.717, 1.165) is 25.1 Å². The van der Waals surface area contributed by atoms with Crippen LogP contribution in [0.25, 0.3) is 0 Å². The number of nitrogens with one attached hydrogen (secondary N) is 2. The van der Waals surface area contributed by atoms with Gasteiger partial charge in [0.15, 0.2) is 0 Å². The molecule has 0 saturated heterocycles. The summed E-state index contributed by atoms with van der Waals surface area (Å²) in [4.78, 5) is -0.425. The van der Waals surface area contributed by atoms with Crippen LogP contribution in [0.4, 0.5) is 4.39 Å². The maximum Gasteiger partial charge on any atom is 0.243 e. The molecule has 0 aromatic heterocycles. The van der Waals surface area contributed by atoms with Gasteiger partial charge in [-0.15, -0.1) is 0 Å². The van der Waals surface area contributed by atoms with E-state index in [0.29, 0.717) is 6.54 Å². The van der Waals surface area contributed by atoms with Crippen molar-refractivity contribution in [2.45, 2.75) is 18.2 Å². The molecule has 1 aromatic carbocycles. The van der Waals surface area contributed by atoms with E-state index >= 15 is 0 Å². The van der Waals surface area contributed by atoms with E-state index in [4.69, 9.17) is 11.6 Å². The summed E-state index contributed by atoms with van der Waals surface area (Å²) in [6.45, 7) is 3.52. The van der Waals surface area contributed by atoms with Gasteiger partial charge in [-0.05, 0) is 31.2 Å². The minimum Gasteiger partial charge on any atom is -0.315 e. The highest BCUT2D eigenvalue weighted by atomic mass is 35.5. The number of rotatable bonds is 7. The van der Waals surface area contributed by atoms with Crippen molar-refractivity contribution < 1.29 is 12.8 Å². The summed E-state index contributed by atoms with van der Waals surface area (Å²) in [5.41, 5.74) is 0. The molecule has 1 aromatic rings. The molecule has 0 spiro atoms. The molecule has 0 fully saturated rings. The SMILES string of the molecule is CCCNCCNS(=O)(=O)c1cc(Cl)ccc1F. The molecule has 0 aliphatic heterocycles. The van der Waals surface area contributed by atoms with Crippen LogP contribution in [-0.4, -0.2) is 28.1 Å². The second kappa shape index (κ2) is 7.04. The van der Waals surface area contributed by atoms with E-state index in [1.807, 2.05) is 6.92 Å². The predicted molar refractivity (Wildman–Crippen MR) is 69.8 cm³/mol. The molecule has 0 atom stereocenters. The van der Waals surface area contributed by atoms with Gasteiger partial charge in [-0.3, -0.25) is 0 Å². The van der Waals surface area contributed by atoms with Gasteiger partial charge in [0, 0.05) is 18.1 Å². The summed E-state index contributed by atoms with van der Waals surface area (Å²) in [5, 5.41) is 3.22. The highest BCUT2D eigenvalue weighted by Gasteiger charge is 2.18. The third-order valence-corrected chi connectivity index (χ3v) is 3.91. The summed E-state index contributed by atoms with van der Waals surface area (Å²) >= 11 is 5.65. The lowest BCUT2D eigenvalue weighted by Gasteiger charge is -2.08. The Kier molecular flexibility index (Phi) is 6.01. The first kappa shape index (κ1) is 15.4. The summed E-state index contributed by atoms with van der Waals surface area (Å²) in [5.74, 6) is -0.812. The average molecular weight is 295 g/mol. The van der Waals surface area contributed by atoms with Gasteiger partial charge in [0.2, 0.25) is 10.0 Å². The van der Waals surface area contributed by atoms with E-state index in [-0.39, 0.29) is 11.6 Å². The fourth-order valence-electron chi connectivity index (χ4n) is 1.34. The van der Waals surface area contributed by atoms with Crippen LogP contribution in [0.3, 0.4) is 0 Å². The maximum atomic E-state index is 13.4. The number of halogens is 2. The van der Waals surface area contributed by atoms with E-state index < -0.39 is 20.7 Å². The molecule has 18 heavy (non-hydrogen) atoms. The first-order valence-electron chi connectivity index (χ1n) is 5.63. The highest BCUT2D eigenvalue weighted by Crippen LogP contribution is 2.19. The summed E-state index contributed by atoms with van der Waals surface area (Å²) in [6, 6.07) is 3.43. The van der Waals surface area contributed by atoms with Crippen LogP contribution >= 0.6 is 11.6 Å². The molecular formula is C11H16ClFN2O2S. The Labute approximate surface area is 112 Å². The Morgan fingerprint density at radius 2 is 2.00 bits per heavy atom. The molecule has 0 bridgehead atoms. The first-order chi connectivity index (χ1) is 8.47. The molecule has 2 N–H and O–H groups in total. The fraction of sp³-hybridized carbons (Fsp3) is 0.455. The summed E-state index contributed by atoms with van der Waals surface area (Å²) < 4.78 is 39.3. The molecule has 7 heteroatoms. The van der Waals surface area contributed by atoms with Crippen LogP contribution in [-0.2, 0) is 10.0 Å². The largest absolute Gasteiger partial charge is 0.315 e. The van der Waals surface area contributed by atoms with Crippen LogP contribution in [0.2, 0.25) is 5.02 Å². The number of benzene rings is 1. The van der Waals surface area contributed by atoms with Crippen molar-refractivity contribution in [3.63, 3.8) is 0 Å². The minimum absolute atomic E-state index is 0.181. The highest BCUT2D eigenvalue weighted by molar-refractivity contribution is 7.89. The molecule has 102 valence electrons. The van der Waals surface area contributed by atoms with Gasteiger partial charge in [0.05, 0.1) is 0 Å². The normalized spacial score (nSPS) is 11.7. The average Bonchev–Trinajstić information content (AvgIpc) is 2.32. The van der Waals surface area contributed by atoms with E-state index in [1.165, 1.54) is 6.07 Å². The molecule has 0 unspecified atom stereocenters. The number of hydrogen-bond donors (Lipinski definition) is 2. The van der Waals surface area contributed by atoms with Crippen LogP contribution in [0.5, 0.6) is 0 Å². The second-order valence-electron chi connectivity index (χ2n) is 3.72. The van der Waals surface area contributed by atoms with Crippen molar-refractivity contribution in [3.8, 4) is 0 Å². The van der Waals surface area contributed by atoms with E-state index in [2.05, 4.69) is 10.0 Å². The number of sulfonamides is 1. The van der Waals surface area contributed by atoms with Gasteiger partial charge in [-0.1, -0.05) is 18.5 Å². The third-order valence-electron chi connectivity index (χ3n) is 2.20. The summed E-state index contributed by atoms with van der Waals surface area (Å²) in [6.07, 6.45) is 0.968. The van der Waals surface area contributed by atoms with Gasteiger partial charge in [0.25, 0.3) is 0 Å². The smallest absolute Gasteiger partial charge is 0.243 e. The standard InChI is InChI=1S/C11H16ClFN2O2S/c1-2-5-14-6-7-15-18(16,17)11-8-9(12)3-4-10(11)13/h3-4,8,14-15H,2,5-7H2,1H3. The lowest BCUT2D eigenvalue weighted by molar-refractivity contribution is 0.554. The topological polar surface area (TPSA) is 58.2 Å². The van der Waals surface area contributed by atoms with Crippen molar-refractivity contribution in [3.05, 3.63) is 29.0 Å². The van der Waals surface area contributed by atoms with Crippen LogP contribution < -0.4 is 10.0 Å². The molecule has 0 aliphatic carbocycles. The van der Waals surface area contributed by atoms with Crippen LogP contribution in [0, 0.1) is 5.82 Å². The summed E-state index contributed by atoms with van der Waals surface area (Å²) in [7, 11) is -3.85. The van der Waals surface area contributed by atoms with Crippen LogP contribution in [0.15, 0.2) is 23.1 Å². The van der Waals surface area contributed by atoms with Gasteiger partial charge < -0.3 is 5.32 Å². The molecule has 0 heterocycles. The Bertz CT molecular complexity index is 494. The first-order valence-corrected chi connectivity index (χ1v) is 7.49.